The maximum Gasteiger partial charge on any atom is 0.168 e. The van der Waals surface area contributed by atoms with Crippen molar-refractivity contribution in [3.8, 4) is 0 Å². The number of nitrogens with zero attached hydrogens (tertiary/aromatic N) is 1. The molecule has 2 aliphatic rings. The van der Waals surface area contributed by atoms with Crippen molar-refractivity contribution in [2.45, 2.75) is 50.9 Å². The lowest BCUT2D eigenvalue weighted by Crippen LogP contribution is -2.11. The first-order valence-electron chi connectivity index (χ1n) is 5.88. The second-order valence-corrected chi connectivity index (χ2v) is 4.62. The molecule has 15 heavy (non-hydrogen) atoms. The fourth-order valence-corrected chi connectivity index (χ4v) is 2.82. The molecule has 0 aliphatic heterocycles. The molecule has 0 radical (unpaired) electrons. The zero-order valence-electron chi connectivity index (χ0n) is 8.79. The lowest BCUT2D eigenvalue weighted by molar-refractivity contribution is 0.0968. The number of carbonyl (C=O) groups excluding carboxylic acids is 1. The van der Waals surface area contributed by atoms with Crippen molar-refractivity contribution < 1.29 is 9.32 Å². The van der Waals surface area contributed by atoms with E-state index >= 15 is 0 Å². The molecule has 1 fully saturated rings. The molecule has 1 aromatic heterocycles. The van der Waals surface area contributed by atoms with Crippen LogP contribution in [-0.2, 0) is 6.42 Å². The van der Waals surface area contributed by atoms with Gasteiger partial charge in [0.05, 0.1) is 11.3 Å². The van der Waals surface area contributed by atoms with Gasteiger partial charge in [-0.25, -0.2) is 0 Å². The van der Waals surface area contributed by atoms with Gasteiger partial charge in [0.15, 0.2) is 5.78 Å². The summed E-state index contributed by atoms with van der Waals surface area (Å²) in [6.07, 6.45) is 7.36. The summed E-state index contributed by atoms with van der Waals surface area (Å²) in [5.41, 5.74) is 1.81. The SMILES string of the molecule is O=C1CCCc2onc(C3CCCC3)c21. The van der Waals surface area contributed by atoms with E-state index in [1.807, 2.05) is 0 Å². The predicted molar refractivity (Wildman–Crippen MR) is 55.0 cm³/mol. The number of rotatable bonds is 1. The molecule has 0 N–H and O–H groups in total. The number of ketones is 1. The summed E-state index contributed by atoms with van der Waals surface area (Å²) in [4.78, 5) is 11.8. The van der Waals surface area contributed by atoms with Crippen molar-refractivity contribution in [3.63, 3.8) is 0 Å². The smallest absolute Gasteiger partial charge is 0.168 e. The second-order valence-electron chi connectivity index (χ2n) is 4.62. The van der Waals surface area contributed by atoms with Gasteiger partial charge < -0.3 is 4.52 Å². The average Bonchev–Trinajstić information content (AvgIpc) is 2.85. The zero-order chi connectivity index (χ0) is 10.3. The Hall–Kier alpha value is -1.12. The Balaban J connectivity index is 2.01. The molecule has 0 saturated heterocycles. The van der Waals surface area contributed by atoms with Gasteiger partial charge in [-0.3, -0.25) is 4.79 Å². The Morgan fingerprint density at radius 2 is 1.93 bits per heavy atom. The molecule has 0 aromatic carbocycles. The minimum Gasteiger partial charge on any atom is -0.360 e. The van der Waals surface area contributed by atoms with Crippen LogP contribution in [-0.4, -0.2) is 10.9 Å². The fraction of sp³-hybridized carbons (Fsp3) is 0.667. The van der Waals surface area contributed by atoms with Crippen LogP contribution in [0.1, 0.15) is 66.3 Å². The minimum absolute atomic E-state index is 0.249. The third-order valence-corrected chi connectivity index (χ3v) is 3.62. The van der Waals surface area contributed by atoms with E-state index in [2.05, 4.69) is 5.16 Å². The molecule has 1 heterocycles. The Morgan fingerprint density at radius 1 is 1.13 bits per heavy atom. The topological polar surface area (TPSA) is 43.1 Å². The van der Waals surface area contributed by atoms with Crippen molar-refractivity contribution in [2.75, 3.05) is 0 Å². The van der Waals surface area contributed by atoms with Gasteiger partial charge in [-0.1, -0.05) is 18.0 Å². The number of Topliss-reactive ketones (excluding diaryl/α,β-unsaturated/α-hetero) is 1. The van der Waals surface area contributed by atoms with Crippen LogP contribution in [0.3, 0.4) is 0 Å². The molecule has 1 saturated carbocycles. The average molecular weight is 205 g/mol. The van der Waals surface area contributed by atoms with Crippen molar-refractivity contribution in [3.05, 3.63) is 17.0 Å². The number of aryl methyl sites for hydroxylation is 1. The van der Waals surface area contributed by atoms with Crippen LogP contribution >= 0.6 is 0 Å². The van der Waals surface area contributed by atoms with E-state index in [1.54, 1.807) is 0 Å². The van der Waals surface area contributed by atoms with E-state index < -0.39 is 0 Å². The monoisotopic (exact) mass is 205 g/mol. The molecule has 0 amide bonds. The first-order valence-corrected chi connectivity index (χ1v) is 5.88. The van der Waals surface area contributed by atoms with E-state index in [1.165, 1.54) is 25.7 Å². The summed E-state index contributed by atoms with van der Waals surface area (Å²) in [7, 11) is 0. The molecular weight excluding hydrogens is 190 g/mol. The van der Waals surface area contributed by atoms with Crippen LogP contribution in [0.2, 0.25) is 0 Å². The van der Waals surface area contributed by atoms with E-state index in [4.69, 9.17) is 4.52 Å². The van der Waals surface area contributed by atoms with Gasteiger partial charge >= 0.3 is 0 Å². The van der Waals surface area contributed by atoms with E-state index in [0.29, 0.717) is 12.3 Å². The molecule has 3 rings (SSSR count). The summed E-state index contributed by atoms with van der Waals surface area (Å²) in [6.45, 7) is 0. The van der Waals surface area contributed by atoms with Crippen molar-refractivity contribution in [1.82, 2.24) is 5.16 Å². The Morgan fingerprint density at radius 3 is 2.73 bits per heavy atom. The minimum atomic E-state index is 0.249. The first-order chi connectivity index (χ1) is 7.36. The van der Waals surface area contributed by atoms with Gasteiger partial charge in [-0.2, -0.15) is 0 Å². The fourth-order valence-electron chi connectivity index (χ4n) is 2.82. The third kappa shape index (κ3) is 1.41. The lowest BCUT2D eigenvalue weighted by atomic mass is 9.90. The largest absolute Gasteiger partial charge is 0.360 e. The van der Waals surface area contributed by atoms with Gasteiger partial charge in [0.2, 0.25) is 0 Å². The number of aromatic nitrogens is 1. The highest BCUT2D eigenvalue weighted by Crippen LogP contribution is 2.37. The summed E-state index contributed by atoms with van der Waals surface area (Å²) < 4.78 is 5.30. The molecule has 1 aromatic rings. The molecule has 80 valence electrons. The molecule has 2 aliphatic carbocycles. The Labute approximate surface area is 88.8 Å². The number of carbonyl (C=O) groups is 1. The molecule has 3 nitrogen and oxygen atoms in total. The predicted octanol–water partition coefficient (Wildman–Crippen LogP) is 2.85. The van der Waals surface area contributed by atoms with Gasteiger partial charge in [-0.05, 0) is 19.3 Å². The quantitative estimate of drug-likeness (QED) is 0.708. The number of hydrogen-bond acceptors (Lipinski definition) is 3. The van der Waals surface area contributed by atoms with Crippen molar-refractivity contribution >= 4 is 5.78 Å². The summed E-state index contributed by atoms with van der Waals surface area (Å²) in [5, 5.41) is 4.13. The molecule has 3 heteroatoms. The lowest BCUT2D eigenvalue weighted by Gasteiger charge is -2.11. The van der Waals surface area contributed by atoms with Crippen LogP contribution in [0, 0.1) is 0 Å². The van der Waals surface area contributed by atoms with Crippen LogP contribution in [0.15, 0.2) is 4.52 Å². The second kappa shape index (κ2) is 3.47. The summed E-state index contributed by atoms with van der Waals surface area (Å²) in [6, 6.07) is 0. The normalized spacial score (nSPS) is 22.0. The number of hydrogen-bond donors (Lipinski definition) is 0. The van der Waals surface area contributed by atoms with Crippen molar-refractivity contribution in [2.24, 2.45) is 0 Å². The molecule has 0 atom stereocenters. The Kier molecular flexibility index (Phi) is 2.11. The third-order valence-electron chi connectivity index (χ3n) is 3.62. The molecule has 0 spiro atoms. The maximum absolute atomic E-state index is 11.8. The van der Waals surface area contributed by atoms with Gasteiger partial charge in [0.25, 0.3) is 0 Å². The molecular formula is C12H15NO2. The highest BCUT2D eigenvalue weighted by molar-refractivity contribution is 5.99. The highest BCUT2D eigenvalue weighted by Gasteiger charge is 2.31. The maximum atomic E-state index is 11.8. The number of fused-ring (bicyclic) bond motifs is 1. The highest BCUT2D eigenvalue weighted by atomic mass is 16.5. The molecule has 0 unspecified atom stereocenters. The van der Waals surface area contributed by atoms with E-state index in [0.717, 1.165) is 29.9 Å². The molecule has 0 bridgehead atoms. The van der Waals surface area contributed by atoms with Crippen LogP contribution < -0.4 is 0 Å². The first kappa shape index (κ1) is 9.13. The van der Waals surface area contributed by atoms with Crippen LogP contribution in [0.4, 0.5) is 0 Å². The van der Waals surface area contributed by atoms with Gasteiger partial charge in [0, 0.05) is 18.8 Å². The van der Waals surface area contributed by atoms with Gasteiger partial charge in [0.1, 0.15) is 5.76 Å². The van der Waals surface area contributed by atoms with E-state index in [9.17, 15) is 4.79 Å². The Bertz CT molecular complexity index is 388. The van der Waals surface area contributed by atoms with E-state index in [-0.39, 0.29) is 5.78 Å². The standard InChI is InChI=1S/C12H15NO2/c14-9-6-3-7-10-11(9)12(13-15-10)8-4-1-2-5-8/h8H,1-7H2. The van der Waals surface area contributed by atoms with Crippen LogP contribution in [0.25, 0.3) is 0 Å². The zero-order valence-corrected chi connectivity index (χ0v) is 8.79. The van der Waals surface area contributed by atoms with Gasteiger partial charge in [-0.15, -0.1) is 0 Å². The van der Waals surface area contributed by atoms with Crippen LogP contribution in [0.5, 0.6) is 0 Å². The summed E-state index contributed by atoms with van der Waals surface area (Å²) >= 11 is 0. The summed E-state index contributed by atoms with van der Waals surface area (Å²) in [5.74, 6) is 1.58. The van der Waals surface area contributed by atoms with Crippen molar-refractivity contribution in [1.29, 1.82) is 0 Å².